The number of hydrogen-bond acceptors (Lipinski definition) is 2. The molecule has 0 aliphatic rings. The first-order valence-electron chi connectivity index (χ1n) is 6.00. The molecule has 0 amide bonds. The van der Waals surface area contributed by atoms with Crippen molar-refractivity contribution in [2.45, 2.75) is 39.7 Å². The maximum absolute atomic E-state index is 12.0. The van der Waals surface area contributed by atoms with Gasteiger partial charge >= 0.3 is 0 Å². The second-order valence-corrected chi connectivity index (χ2v) is 4.93. The van der Waals surface area contributed by atoms with Crippen molar-refractivity contribution in [1.82, 2.24) is 0 Å². The molecule has 0 aromatic heterocycles. The van der Waals surface area contributed by atoms with Crippen molar-refractivity contribution in [2.75, 3.05) is 6.61 Å². The van der Waals surface area contributed by atoms with Gasteiger partial charge in [-0.3, -0.25) is 4.79 Å². The van der Waals surface area contributed by atoms with Gasteiger partial charge in [0.15, 0.2) is 5.78 Å². The summed E-state index contributed by atoms with van der Waals surface area (Å²) in [4.78, 5) is 12.0. The highest BCUT2D eigenvalue weighted by molar-refractivity contribution is 9.10. The van der Waals surface area contributed by atoms with Crippen molar-refractivity contribution >= 4 is 21.7 Å². The standard InChI is InChI=1S/C14H19BrO2/c1-4-6-13(16)14(17-5-2)11-8-7-10(3)9-12(11)15/h7-9,14H,4-6H2,1-3H3. The number of hydrogen-bond donors (Lipinski definition) is 0. The molecule has 2 nitrogen and oxygen atoms in total. The Kier molecular flexibility index (Phi) is 5.86. The summed E-state index contributed by atoms with van der Waals surface area (Å²) in [6.45, 7) is 6.48. The van der Waals surface area contributed by atoms with E-state index in [1.54, 1.807) is 0 Å². The highest BCUT2D eigenvalue weighted by Gasteiger charge is 2.22. The van der Waals surface area contributed by atoms with Crippen LogP contribution >= 0.6 is 15.9 Å². The van der Waals surface area contributed by atoms with Gasteiger partial charge in [0.1, 0.15) is 6.10 Å². The minimum Gasteiger partial charge on any atom is -0.366 e. The first-order valence-corrected chi connectivity index (χ1v) is 6.79. The zero-order valence-electron chi connectivity index (χ0n) is 10.6. The zero-order valence-corrected chi connectivity index (χ0v) is 12.2. The van der Waals surface area contributed by atoms with Gasteiger partial charge in [-0.15, -0.1) is 0 Å². The lowest BCUT2D eigenvalue weighted by Gasteiger charge is -2.17. The Bertz CT molecular complexity index is 388. The minimum atomic E-state index is -0.435. The topological polar surface area (TPSA) is 26.3 Å². The quantitative estimate of drug-likeness (QED) is 0.786. The summed E-state index contributed by atoms with van der Waals surface area (Å²) in [7, 11) is 0. The number of aryl methyl sites for hydroxylation is 1. The van der Waals surface area contributed by atoms with Crippen LogP contribution in [0, 0.1) is 6.92 Å². The summed E-state index contributed by atoms with van der Waals surface area (Å²) in [5.41, 5.74) is 2.09. The molecule has 94 valence electrons. The molecule has 0 saturated carbocycles. The molecule has 0 saturated heterocycles. The van der Waals surface area contributed by atoms with E-state index < -0.39 is 6.10 Å². The first-order chi connectivity index (χ1) is 8.10. The van der Waals surface area contributed by atoms with Crippen molar-refractivity contribution in [3.63, 3.8) is 0 Å². The number of halogens is 1. The van der Waals surface area contributed by atoms with Gasteiger partial charge in [0.2, 0.25) is 0 Å². The SMILES string of the molecule is CCCC(=O)C(OCC)c1ccc(C)cc1Br. The molecule has 0 fully saturated rings. The van der Waals surface area contributed by atoms with Crippen LogP contribution in [0.5, 0.6) is 0 Å². The fraction of sp³-hybridized carbons (Fsp3) is 0.500. The summed E-state index contributed by atoms with van der Waals surface area (Å²) in [6, 6.07) is 5.99. The largest absolute Gasteiger partial charge is 0.366 e. The monoisotopic (exact) mass is 298 g/mol. The fourth-order valence-electron chi connectivity index (χ4n) is 1.75. The van der Waals surface area contributed by atoms with Crippen LogP contribution in [0.15, 0.2) is 22.7 Å². The van der Waals surface area contributed by atoms with Gasteiger partial charge in [0, 0.05) is 23.1 Å². The van der Waals surface area contributed by atoms with Gasteiger partial charge in [-0.1, -0.05) is 35.0 Å². The molecule has 3 heteroatoms. The summed E-state index contributed by atoms with van der Waals surface area (Å²) in [5, 5.41) is 0. The molecule has 0 heterocycles. The van der Waals surface area contributed by atoms with E-state index >= 15 is 0 Å². The molecule has 0 aliphatic heterocycles. The van der Waals surface area contributed by atoms with Crippen molar-refractivity contribution in [3.05, 3.63) is 33.8 Å². The molecule has 1 aromatic rings. The van der Waals surface area contributed by atoms with Gasteiger partial charge in [-0.2, -0.15) is 0 Å². The van der Waals surface area contributed by atoms with E-state index in [2.05, 4.69) is 15.9 Å². The van der Waals surface area contributed by atoms with Crippen molar-refractivity contribution in [2.24, 2.45) is 0 Å². The van der Waals surface area contributed by atoms with Crippen LogP contribution in [0.4, 0.5) is 0 Å². The summed E-state index contributed by atoms with van der Waals surface area (Å²) < 4.78 is 6.53. The first kappa shape index (κ1) is 14.4. The number of benzene rings is 1. The normalized spacial score (nSPS) is 12.5. The highest BCUT2D eigenvalue weighted by Crippen LogP contribution is 2.28. The molecule has 1 atom stereocenters. The summed E-state index contributed by atoms with van der Waals surface area (Å²) in [5.74, 6) is 0.152. The molecule has 0 radical (unpaired) electrons. The lowest BCUT2D eigenvalue weighted by Crippen LogP contribution is -2.16. The van der Waals surface area contributed by atoms with Gasteiger partial charge in [-0.25, -0.2) is 0 Å². The number of ether oxygens (including phenoxy) is 1. The van der Waals surface area contributed by atoms with E-state index in [4.69, 9.17) is 4.74 Å². The third kappa shape index (κ3) is 3.93. The second-order valence-electron chi connectivity index (χ2n) is 4.08. The molecule has 1 aromatic carbocycles. The Labute approximate surface area is 111 Å². The van der Waals surface area contributed by atoms with Crippen molar-refractivity contribution in [1.29, 1.82) is 0 Å². The van der Waals surface area contributed by atoms with Gasteiger partial charge in [0.25, 0.3) is 0 Å². The number of ketones is 1. The summed E-state index contributed by atoms with van der Waals surface area (Å²) >= 11 is 3.50. The van der Waals surface area contributed by atoms with E-state index in [0.717, 1.165) is 16.5 Å². The maximum Gasteiger partial charge on any atom is 0.166 e. The summed E-state index contributed by atoms with van der Waals surface area (Å²) in [6.07, 6.45) is 0.978. The van der Waals surface area contributed by atoms with Crippen molar-refractivity contribution in [3.8, 4) is 0 Å². The van der Waals surface area contributed by atoms with Gasteiger partial charge in [0.05, 0.1) is 0 Å². The molecule has 17 heavy (non-hydrogen) atoms. The number of carbonyl (C=O) groups is 1. The molecule has 0 spiro atoms. The van der Waals surface area contributed by atoms with Crippen LogP contribution in [0.1, 0.15) is 43.9 Å². The molecule has 0 aliphatic carbocycles. The van der Waals surface area contributed by atoms with Crippen LogP contribution in [0.2, 0.25) is 0 Å². The lowest BCUT2D eigenvalue weighted by atomic mass is 10.0. The van der Waals surface area contributed by atoms with Crippen LogP contribution in [0.3, 0.4) is 0 Å². The molecule has 1 rings (SSSR count). The Balaban J connectivity index is 3.00. The third-order valence-electron chi connectivity index (χ3n) is 2.56. The van der Waals surface area contributed by atoms with Crippen LogP contribution in [0.25, 0.3) is 0 Å². The van der Waals surface area contributed by atoms with E-state index in [9.17, 15) is 4.79 Å². The van der Waals surface area contributed by atoms with Crippen molar-refractivity contribution < 1.29 is 9.53 Å². The molecule has 1 unspecified atom stereocenters. The van der Waals surface area contributed by atoms with E-state index in [1.165, 1.54) is 5.56 Å². The second kappa shape index (κ2) is 6.92. The predicted molar refractivity (Wildman–Crippen MR) is 73.2 cm³/mol. The van der Waals surface area contributed by atoms with Crippen LogP contribution in [-0.4, -0.2) is 12.4 Å². The van der Waals surface area contributed by atoms with E-state index in [0.29, 0.717) is 13.0 Å². The number of Topliss-reactive ketones (excluding diaryl/α,β-unsaturated/α-hetero) is 1. The lowest BCUT2D eigenvalue weighted by molar-refractivity contribution is -0.130. The molecular weight excluding hydrogens is 280 g/mol. The Hall–Kier alpha value is -0.670. The van der Waals surface area contributed by atoms with Gasteiger partial charge < -0.3 is 4.74 Å². The average molecular weight is 299 g/mol. The van der Waals surface area contributed by atoms with Crippen LogP contribution < -0.4 is 0 Å². The maximum atomic E-state index is 12.0. The van der Waals surface area contributed by atoms with E-state index in [1.807, 2.05) is 39.0 Å². The highest BCUT2D eigenvalue weighted by atomic mass is 79.9. The number of carbonyl (C=O) groups excluding carboxylic acids is 1. The fourth-order valence-corrected chi connectivity index (χ4v) is 2.45. The zero-order chi connectivity index (χ0) is 12.8. The molecule has 0 bridgehead atoms. The minimum absolute atomic E-state index is 0.152. The van der Waals surface area contributed by atoms with Gasteiger partial charge in [-0.05, 0) is 31.9 Å². The Morgan fingerprint density at radius 3 is 2.65 bits per heavy atom. The average Bonchev–Trinajstić information content (AvgIpc) is 2.27. The smallest absolute Gasteiger partial charge is 0.166 e. The number of rotatable bonds is 6. The third-order valence-corrected chi connectivity index (χ3v) is 3.25. The van der Waals surface area contributed by atoms with Crippen LogP contribution in [-0.2, 0) is 9.53 Å². The predicted octanol–water partition coefficient (Wildman–Crippen LogP) is 4.20. The Morgan fingerprint density at radius 2 is 2.12 bits per heavy atom. The molecule has 0 N–H and O–H groups in total. The Morgan fingerprint density at radius 1 is 1.41 bits per heavy atom. The van der Waals surface area contributed by atoms with E-state index in [-0.39, 0.29) is 5.78 Å². The molecular formula is C14H19BrO2.